The highest BCUT2D eigenvalue weighted by Crippen LogP contribution is 2.15. The first-order valence-corrected chi connectivity index (χ1v) is 6.88. The van der Waals surface area contributed by atoms with Crippen molar-refractivity contribution in [1.82, 2.24) is 14.9 Å². The molecule has 1 fully saturated rings. The molecular formula is C13H24N6. The molecule has 0 saturated carbocycles. The van der Waals surface area contributed by atoms with Crippen molar-refractivity contribution < 1.29 is 0 Å². The molecule has 0 amide bonds. The van der Waals surface area contributed by atoms with Gasteiger partial charge in [-0.05, 0) is 32.5 Å². The highest BCUT2D eigenvalue weighted by atomic mass is 15.2. The van der Waals surface area contributed by atoms with Crippen LogP contribution in [0.4, 0.5) is 11.6 Å². The van der Waals surface area contributed by atoms with Crippen LogP contribution >= 0.6 is 0 Å². The molecule has 0 radical (unpaired) electrons. The zero-order valence-corrected chi connectivity index (χ0v) is 11.8. The molecule has 6 heteroatoms. The molecule has 1 aromatic heterocycles. The third-order valence-corrected chi connectivity index (χ3v) is 3.44. The molecule has 2 rings (SSSR count). The summed E-state index contributed by atoms with van der Waals surface area (Å²) in [4.78, 5) is 10.8. The Kier molecular flexibility index (Phi) is 4.93. The number of hydrogen-bond acceptors (Lipinski definition) is 6. The molecule has 1 saturated heterocycles. The Labute approximate surface area is 114 Å². The Hall–Kier alpha value is -1.40. The van der Waals surface area contributed by atoms with Crippen LogP contribution in [0, 0.1) is 5.92 Å². The summed E-state index contributed by atoms with van der Waals surface area (Å²) in [5, 5.41) is 6.74. The van der Waals surface area contributed by atoms with E-state index in [-0.39, 0.29) is 0 Å². The standard InChI is InChI=1S/C13H24N6/c1-10(6-14)7-15-12-5-13(17-9-16-12)18-11-3-4-19(2)8-11/h5,9-11H,3-4,6-8,14H2,1-2H3,(H2,15,16,17,18). The lowest BCUT2D eigenvalue weighted by atomic mass is 10.2. The molecule has 2 unspecified atom stereocenters. The van der Waals surface area contributed by atoms with Crippen molar-refractivity contribution in [3.63, 3.8) is 0 Å². The predicted octanol–water partition coefficient (Wildman–Crippen LogP) is 0.599. The van der Waals surface area contributed by atoms with E-state index in [2.05, 4.69) is 39.5 Å². The molecular weight excluding hydrogens is 240 g/mol. The summed E-state index contributed by atoms with van der Waals surface area (Å²) in [6, 6.07) is 2.44. The van der Waals surface area contributed by atoms with Gasteiger partial charge in [0.25, 0.3) is 0 Å². The van der Waals surface area contributed by atoms with E-state index in [1.807, 2.05) is 6.07 Å². The number of rotatable bonds is 6. The van der Waals surface area contributed by atoms with Gasteiger partial charge in [0.05, 0.1) is 0 Å². The lowest BCUT2D eigenvalue weighted by Gasteiger charge is -2.15. The molecule has 0 spiro atoms. The molecule has 106 valence electrons. The zero-order valence-electron chi connectivity index (χ0n) is 11.8. The van der Waals surface area contributed by atoms with Crippen LogP contribution in [0.25, 0.3) is 0 Å². The van der Waals surface area contributed by atoms with Crippen molar-refractivity contribution in [3.05, 3.63) is 12.4 Å². The number of hydrogen-bond donors (Lipinski definition) is 3. The number of likely N-dealkylation sites (tertiary alicyclic amines) is 1. The van der Waals surface area contributed by atoms with E-state index in [1.165, 1.54) is 0 Å². The van der Waals surface area contributed by atoms with Crippen molar-refractivity contribution in [2.24, 2.45) is 11.7 Å². The Morgan fingerprint density at radius 1 is 1.47 bits per heavy atom. The summed E-state index contributed by atoms with van der Waals surface area (Å²) in [6.07, 6.45) is 2.75. The van der Waals surface area contributed by atoms with E-state index in [9.17, 15) is 0 Å². The highest BCUT2D eigenvalue weighted by molar-refractivity contribution is 5.47. The Morgan fingerprint density at radius 3 is 2.95 bits per heavy atom. The van der Waals surface area contributed by atoms with Gasteiger partial charge in [-0.15, -0.1) is 0 Å². The third kappa shape index (κ3) is 4.33. The lowest BCUT2D eigenvalue weighted by molar-refractivity contribution is 0.414. The van der Waals surface area contributed by atoms with E-state index in [4.69, 9.17) is 5.73 Å². The molecule has 19 heavy (non-hydrogen) atoms. The first-order valence-electron chi connectivity index (χ1n) is 6.88. The average molecular weight is 264 g/mol. The maximum atomic E-state index is 5.60. The minimum absolute atomic E-state index is 0.440. The fourth-order valence-electron chi connectivity index (χ4n) is 2.16. The summed E-state index contributed by atoms with van der Waals surface area (Å²) in [6.45, 7) is 5.83. The van der Waals surface area contributed by atoms with Crippen LogP contribution in [0.15, 0.2) is 12.4 Å². The van der Waals surface area contributed by atoms with Gasteiger partial charge in [0.15, 0.2) is 0 Å². The van der Waals surface area contributed by atoms with Crippen molar-refractivity contribution in [2.45, 2.75) is 19.4 Å². The zero-order chi connectivity index (χ0) is 13.7. The van der Waals surface area contributed by atoms with E-state index >= 15 is 0 Å². The number of anilines is 2. The molecule has 0 aliphatic carbocycles. The summed E-state index contributed by atoms with van der Waals surface area (Å²) in [5.41, 5.74) is 5.60. The van der Waals surface area contributed by atoms with Gasteiger partial charge in [0, 0.05) is 25.2 Å². The third-order valence-electron chi connectivity index (χ3n) is 3.44. The Morgan fingerprint density at radius 2 is 2.26 bits per heavy atom. The van der Waals surface area contributed by atoms with E-state index < -0.39 is 0 Å². The summed E-state index contributed by atoms with van der Waals surface area (Å²) >= 11 is 0. The quantitative estimate of drug-likeness (QED) is 0.698. The van der Waals surface area contributed by atoms with Crippen LogP contribution in [0.5, 0.6) is 0 Å². The smallest absolute Gasteiger partial charge is 0.131 e. The number of nitrogens with two attached hydrogens (primary N) is 1. The van der Waals surface area contributed by atoms with Gasteiger partial charge in [-0.25, -0.2) is 9.97 Å². The largest absolute Gasteiger partial charge is 0.370 e. The first-order chi connectivity index (χ1) is 9.17. The average Bonchev–Trinajstić information content (AvgIpc) is 2.82. The SMILES string of the molecule is CC(CN)CNc1cc(NC2CCN(C)C2)ncn1. The molecule has 2 atom stereocenters. The van der Waals surface area contributed by atoms with Crippen LogP contribution in [-0.4, -0.2) is 54.1 Å². The second-order valence-corrected chi connectivity index (χ2v) is 5.40. The molecule has 0 aromatic carbocycles. The maximum absolute atomic E-state index is 5.60. The van der Waals surface area contributed by atoms with Crippen molar-refractivity contribution in [3.8, 4) is 0 Å². The van der Waals surface area contributed by atoms with Crippen LogP contribution in [0.2, 0.25) is 0 Å². The number of likely N-dealkylation sites (N-methyl/N-ethyl adjacent to an activating group) is 1. The number of nitrogens with zero attached hydrogens (tertiary/aromatic N) is 3. The van der Waals surface area contributed by atoms with Crippen molar-refractivity contribution in [2.75, 3.05) is 43.9 Å². The van der Waals surface area contributed by atoms with Crippen molar-refractivity contribution in [1.29, 1.82) is 0 Å². The maximum Gasteiger partial charge on any atom is 0.131 e. The van der Waals surface area contributed by atoms with Gasteiger partial charge < -0.3 is 21.3 Å². The Balaban J connectivity index is 1.88. The molecule has 6 nitrogen and oxygen atoms in total. The summed E-state index contributed by atoms with van der Waals surface area (Å²) in [5.74, 6) is 2.18. The van der Waals surface area contributed by atoms with Crippen LogP contribution in [0.1, 0.15) is 13.3 Å². The van der Waals surface area contributed by atoms with Crippen molar-refractivity contribution >= 4 is 11.6 Å². The molecule has 0 bridgehead atoms. The number of aromatic nitrogens is 2. The van der Waals surface area contributed by atoms with Gasteiger partial charge in [-0.2, -0.15) is 0 Å². The van der Waals surface area contributed by atoms with Gasteiger partial charge in [-0.1, -0.05) is 6.92 Å². The highest BCUT2D eigenvalue weighted by Gasteiger charge is 2.19. The second-order valence-electron chi connectivity index (χ2n) is 5.40. The van der Waals surface area contributed by atoms with Gasteiger partial charge in [-0.3, -0.25) is 0 Å². The fraction of sp³-hybridized carbons (Fsp3) is 0.692. The summed E-state index contributed by atoms with van der Waals surface area (Å²) in [7, 11) is 2.14. The second kappa shape index (κ2) is 6.68. The Bertz CT molecular complexity index is 396. The minimum atomic E-state index is 0.440. The molecule has 2 heterocycles. The van der Waals surface area contributed by atoms with Gasteiger partial charge in [0.2, 0.25) is 0 Å². The summed E-state index contributed by atoms with van der Waals surface area (Å²) < 4.78 is 0. The van der Waals surface area contributed by atoms with Crippen LogP contribution in [-0.2, 0) is 0 Å². The molecule has 4 N–H and O–H groups in total. The molecule has 1 aliphatic heterocycles. The monoisotopic (exact) mass is 264 g/mol. The van der Waals surface area contributed by atoms with E-state index in [1.54, 1.807) is 6.33 Å². The lowest BCUT2D eigenvalue weighted by Crippen LogP contribution is -2.24. The van der Waals surface area contributed by atoms with Crippen LogP contribution < -0.4 is 16.4 Å². The van der Waals surface area contributed by atoms with E-state index in [0.29, 0.717) is 18.5 Å². The van der Waals surface area contributed by atoms with E-state index in [0.717, 1.165) is 37.7 Å². The number of nitrogens with one attached hydrogen (secondary N) is 2. The minimum Gasteiger partial charge on any atom is -0.370 e. The fourth-order valence-corrected chi connectivity index (χ4v) is 2.16. The molecule has 1 aliphatic rings. The van der Waals surface area contributed by atoms with Gasteiger partial charge >= 0.3 is 0 Å². The van der Waals surface area contributed by atoms with Crippen LogP contribution in [0.3, 0.4) is 0 Å². The predicted molar refractivity (Wildman–Crippen MR) is 78.3 cm³/mol. The topological polar surface area (TPSA) is 79.1 Å². The van der Waals surface area contributed by atoms with Gasteiger partial charge in [0.1, 0.15) is 18.0 Å². The molecule has 1 aromatic rings. The normalized spacial score (nSPS) is 21.3. The first kappa shape index (κ1) is 14.0.